The van der Waals surface area contributed by atoms with E-state index >= 15 is 0 Å². The first-order valence-electron chi connectivity index (χ1n) is 6.24. The summed E-state index contributed by atoms with van der Waals surface area (Å²) in [4.78, 5) is 12.0. The van der Waals surface area contributed by atoms with Gasteiger partial charge in [0.05, 0.1) is 0 Å². The Hall–Kier alpha value is -1.59. The molecular weight excluding hydrogens is 299 g/mol. The molecular formula is C13H14Cl2N4O. The summed E-state index contributed by atoms with van der Waals surface area (Å²) in [6.07, 6.45) is 0.816. The second-order valence-corrected chi connectivity index (χ2v) is 4.70. The van der Waals surface area contributed by atoms with Crippen LogP contribution in [0, 0.1) is 0 Å². The Balaban J connectivity index is 2.25. The predicted molar refractivity (Wildman–Crippen MR) is 79.9 cm³/mol. The first-order valence-corrected chi connectivity index (χ1v) is 6.99. The summed E-state index contributed by atoms with van der Waals surface area (Å²) < 4.78 is 5.60. The van der Waals surface area contributed by atoms with Crippen molar-refractivity contribution in [3.63, 3.8) is 0 Å². The minimum absolute atomic E-state index is 0.0793. The molecule has 5 nitrogen and oxygen atoms in total. The lowest BCUT2D eigenvalue weighted by atomic mass is 10.1. The van der Waals surface area contributed by atoms with E-state index in [1.165, 1.54) is 0 Å². The molecule has 2 rings (SSSR count). The van der Waals surface area contributed by atoms with Crippen LogP contribution in [0.3, 0.4) is 0 Å². The third kappa shape index (κ3) is 3.71. The van der Waals surface area contributed by atoms with E-state index in [1.807, 2.05) is 19.9 Å². The number of anilines is 1. The van der Waals surface area contributed by atoms with Crippen molar-refractivity contribution in [1.82, 2.24) is 15.0 Å². The number of aryl methyl sites for hydroxylation is 1. The molecule has 1 N–H and O–H groups in total. The number of benzene rings is 1. The Bertz CT molecular complexity index is 607. The number of ether oxygens (including phenoxy) is 1. The van der Waals surface area contributed by atoms with Crippen molar-refractivity contribution in [2.75, 3.05) is 11.9 Å². The molecule has 0 spiro atoms. The van der Waals surface area contributed by atoms with Crippen molar-refractivity contribution < 1.29 is 4.74 Å². The van der Waals surface area contributed by atoms with E-state index in [4.69, 9.17) is 27.9 Å². The zero-order valence-electron chi connectivity index (χ0n) is 11.2. The molecule has 1 heterocycles. The lowest BCUT2D eigenvalue weighted by molar-refractivity contribution is 0.440. The Morgan fingerprint density at radius 1 is 1.15 bits per heavy atom. The first-order chi connectivity index (χ1) is 9.62. The zero-order chi connectivity index (χ0) is 14.5. The smallest absolute Gasteiger partial charge is 0.328 e. The molecule has 0 aliphatic carbocycles. The molecule has 2 aromatic rings. The molecule has 0 atom stereocenters. The van der Waals surface area contributed by atoms with Gasteiger partial charge in [-0.2, -0.15) is 15.0 Å². The van der Waals surface area contributed by atoms with Crippen LogP contribution in [0.5, 0.6) is 11.8 Å². The average Bonchev–Trinajstić information content (AvgIpc) is 2.40. The standard InChI is InChI=1S/C13H14Cl2N4O/c1-3-8-7-9(5-6-10(8)14)20-13-18-11(15)17-12(19-13)16-4-2/h5-7H,3-4H2,1-2H3,(H,16,17,18,19). The topological polar surface area (TPSA) is 59.9 Å². The molecule has 0 fully saturated rings. The van der Waals surface area contributed by atoms with Gasteiger partial charge in [0.1, 0.15) is 5.75 Å². The zero-order valence-corrected chi connectivity index (χ0v) is 12.7. The predicted octanol–water partition coefficient (Wildman–Crippen LogP) is 3.96. The SMILES string of the molecule is CCNc1nc(Cl)nc(Oc2ccc(Cl)c(CC)c2)n1. The van der Waals surface area contributed by atoms with Crippen LogP contribution >= 0.6 is 23.2 Å². The summed E-state index contributed by atoms with van der Waals surface area (Å²) >= 11 is 11.9. The van der Waals surface area contributed by atoms with Gasteiger partial charge < -0.3 is 10.1 Å². The van der Waals surface area contributed by atoms with Crippen molar-refractivity contribution in [1.29, 1.82) is 0 Å². The maximum absolute atomic E-state index is 6.06. The highest BCUT2D eigenvalue weighted by Crippen LogP contribution is 2.25. The Morgan fingerprint density at radius 3 is 2.65 bits per heavy atom. The van der Waals surface area contributed by atoms with Crippen LogP contribution in [-0.4, -0.2) is 21.5 Å². The fraction of sp³-hybridized carbons (Fsp3) is 0.308. The number of halogens is 2. The van der Waals surface area contributed by atoms with E-state index in [0.29, 0.717) is 23.3 Å². The molecule has 0 saturated heterocycles. The summed E-state index contributed by atoms with van der Waals surface area (Å²) in [5.41, 5.74) is 0.997. The van der Waals surface area contributed by atoms with Gasteiger partial charge in [-0.15, -0.1) is 0 Å². The first kappa shape index (κ1) is 14.8. The molecule has 0 radical (unpaired) electrons. The fourth-order valence-corrected chi connectivity index (χ4v) is 2.01. The van der Waals surface area contributed by atoms with Gasteiger partial charge >= 0.3 is 6.01 Å². The molecule has 20 heavy (non-hydrogen) atoms. The lowest BCUT2D eigenvalue weighted by Crippen LogP contribution is -2.04. The van der Waals surface area contributed by atoms with Gasteiger partial charge in [0.25, 0.3) is 0 Å². The Labute approximate surface area is 127 Å². The van der Waals surface area contributed by atoms with Gasteiger partial charge in [-0.1, -0.05) is 18.5 Å². The van der Waals surface area contributed by atoms with Crippen molar-refractivity contribution in [2.24, 2.45) is 0 Å². The van der Waals surface area contributed by atoms with E-state index < -0.39 is 0 Å². The van der Waals surface area contributed by atoms with Crippen LogP contribution in [0.1, 0.15) is 19.4 Å². The van der Waals surface area contributed by atoms with Crippen LogP contribution < -0.4 is 10.1 Å². The fourth-order valence-electron chi connectivity index (χ4n) is 1.61. The second-order valence-electron chi connectivity index (χ2n) is 3.95. The number of rotatable bonds is 5. The van der Waals surface area contributed by atoms with Gasteiger partial charge in [0, 0.05) is 11.6 Å². The number of hydrogen-bond acceptors (Lipinski definition) is 5. The van der Waals surface area contributed by atoms with Gasteiger partial charge in [0.2, 0.25) is 11.2 Å². The largest absolute Gasteiger partial charge is 0.424 e. The molecule has 106 valence electrons. The summed E-state index contributed by atoms with van der Waals surface area (Å²) in [5, 5.41) is 3.75. The third-order valence-electron chi connectivity index (χ3n) is 2.53. The molecule has 0 amide bonds. The van der Waals surface area contributed by atoms with Crippen molar-refractivity contribution in [2.45, 2.75) is 20.3 Å². The van der Waals surface area contributed by atoms with E-state index in [9.17, 15) is 0 Å². The molecule has 0 saturated carbocycles. The average molecular weight is 313 g/mol. The summed E-state index contributed by atoms with van der Waals surface area (Å²) in [6, 6.07) is 5.54. The minimum Gasteiger partial charge on any atom is -0.424 e. The maximum Gasteiger partial charge on any atom is 0.328 e. The van der Waals surface area contributed by atoms with E-state index in [-0.39, 0.29) is 11.3 Å². The third-order valence-corrected chi connectivity index (χ3v) is 3.07. The number of aromatic nitrogens is 3. The van der Waals surface area contributed by atoms with E-state index in [1.54, 1.807) is 12.1 Å². The number of nitrogens with one attached hydrogen (secondary N) is 1. The van der Waals surface area contributed by atoms with Crippen LogP contribution in [-0.2, 0) is 6.42 Å². The normalized spacial score (nSPS) is 10.4. The molecule has 1 aromatic heterocycles. The van der Waals surface area contributed by atoms with Crippen molar-refractivity contribution in [3.05, 3.63) is 34.1 Å². The highest BCUT2D eigenvalue weighted by molar-refractivity contribution is 6.31. The van der Waals surface area contributed by atoms with E-state index in [0.717, 1.165) is 12.0 Å². The highest BCUT2D eigenvalue weighted by atomic mass is 35.5. The quantitative estimate of drug-likeness (QED) is 0.905. The van der Waals surface area contributed by atoms with Crippen LogP contribution in [0.15, 0.2) is 18.2 Å². The van der Waals surface area contributed by atoms with Gasteiger partial charge in [0.15, 0.2) is 0 Å². The Kier molecular flexibility index (Phi) is 4.98. The van der Waals surface area contributed by atoms with Gasteiger partial charge in [-0.25, -0.2) is 0 Å². The highest BCUT2D eigenvalue weighted by Gasteiger charge is 2.08. The maximum atomic E-state index is 6.06. The summed E-state index contributed by atoms with van der Waals surface area (Å²) in [5.74, 6) is 0.989. The monoisotopic (exact) mass is 312 g/mol. The van der Waals surface area contributed by atoms with Crippen molar-refractivity contribution in [3.8, 4) is 11.8 Å². The van der Waals surface area contributed by atoms with Crippen LogP contribution in [0.25, 0.3) is 0 Å². The molecule has 0 bridgehead atoms. The van der Waals surface area contributed by atoms with Crippen molar-refractivity contribution >= 4 is 29.2 Å². The lowest BCUT2D eigenvalue weighted by Gasteiger charge is -2.08. The number of nitrogens with zero attached hydrogens (tertiary/aromatic N) is 3. The second kappa shape index (κ2) is 6.72. The molecule has 7 heteroatoms. The van der Waals surface area contributed by atoms with Crippen LogP contribution in [0.2, 0.25) is 10.3 Å². The number of hydrogen-bond donors (Lipinski definition) is 1. The van der Waals surface area contributed by atoms with E-state index in [2.05, 4.69) is 20.3 Å². The minimum atomic E-state index is 0.0793. The molecule has 0 aliphatic rings. The van der Waals surface area contributed by atoms with Gasteiger partial charge in [-0.3, -0.25) is 0 Å². The summed E-state index contributed by atoms with van der Waals surface area (Å²) in [6.45, 7) is 4.64. The van der Waals surface area contributed by atoms with Crippen LogP contribution in [0.4, 0.5) is 5.95 Å². The molecule has 0 aliphatic heterocycles. The molecule has 1 aromatic carbocycles. The summed E-state index contributed by atoms with van der Waals surface area (Å²) in [7, 11) is 0. The molecule has 0 unspecified atom stereocenters. The Morgan fingerprint density at radius 2 is 1.95 bits per heavy atom. The van der Waals surface area contributed by atoms with Gasteiger partial charge in [-0.05, 0) is 48.7 Å².